The number of carbonyl (C=O) groups is 1. The van der Waals surface area contributed by atoms with Crippen LogP contribution >= 0.6 is 22.9 Å². The van der Waals surface area contributed by atoms with Crippen molar-refractivity contribution in [2.24, 2.45) is 0 Å². The summed E-state index contributed by atoms with van der Waals surface area (Å²) < 4.78 is 18.7. The maximum Gasteiger partial charge on any atom is 0.227 e. The van der Waals surface area contributed by atoms with Crippen molar-refractivity contribution in [1.29, 1.82) is 0 Å². The summed E-state index contributed by atoms with van der Waals surface area (Å²) in [6.45, 7) is 2.21. The molecule has 0 unspecified atom stereocenters. The molecule has 0 aliphatic heterocycles. The van der Waals surface area contributed by atoms with Gasteiger partial charge in [-0.3, -0.25) is 4.79 Å². The predicted octanol–water partition coefficient (Wildman–Crippen LogP) is 5.46. The average molecular weight is 457 g/mol. The Labute approximate surface area is 187 Å². The summed E-state index contributed by atoms with van der Waals surface area (Å²) in [5.41, 5.74) is 2.16. The summed E-state index contributed by atoms with van der Waals surface area (Å²) in [7, 11) is 0. The van der Waals surface area contributed by atoms with Gasteiger partial charge in [0.05, 0.1) is 17.2 Å². The van der Waals surface area contributed by atoms with E-state index in [1.807, 2.05) is 12.3 Å². The number of anilines is 1. The number of rotatable bonds is 7. The molecule has 31 heavy (non-hydrogen) atoms. The standard InChI is InChI=1S/C22H18ClFN4O2S/c1-14-25-18(13-31-14)12-28(19-8-6-17(24)7-9-19)21(29)11-10-20-26-22(27-30-20)15-2-4-16(23)5-3-15/h2-9,13H,10-12H2,1H3. The van der Waals surface area contributed by atoms with Crippen LogP contribution in [0.2, 0.25) is 5.02 Å². The highest BCUT2D eigenvalue weighted by Crippen LogP contribution is 2.22. The smallest absolute Gasteiger partial charge is 0.227 e. The first-order valence-electron chi connectivity index (χ1n) is 9.53. The lowest BCUT2D eigenvalue weighted by Gasteiger charge is -2.22. The lowest BCUT2D eigenvalue weighted by Crippen LogP contribution is -2.30. The van der Waals surface area contributed by atoms with Crippen LogP contribution in [0.25, 0.3) is 11.4 Å². The molecule has 0 atom stereocenters. The normalized spacial score (nSPS) is 10.9. The molecule has 0 fully saturated rings. The fourth-order valence-electron chi connectivity index (χ4n) is 3.01. The van der Waals surface area contributed by atoms with Gasteiger partial charge in [0.15, 0.2) is 0 Å². The highest BCUT2D eigenvalue weighted by Gasteiger charge is 2.19. The van der Waals surface area contributed by atoms with Gasteiger partial charge in [-0.25, -0.2) is 9.37 Å². The average Bonchev–Trinajstić information content (AvgIpc) is 3.40. The molecule has 4 aromatic rings. The Morgan fingerprint density at radius 1 is 1.13 bits per heavy atom. The van der Waals surface area contributed by atoms with Gasteiger partial charge in [0, 0.05) is 34.5 Å². The van der Waals surface area contributed by atoms with Gasteiger partial charge < -0.3 is 9.42 Å². The van der Waals surface area contributed by atoms with Crippen LogP contribution in [0, 0.1) is 12.7 Å². The van der Waals surface area contributed by atoms with Crippen LogP contribution in [-0.2, 0) is 17.8 Å². The number of carbonyl (C=O) groups excluding carboxylic acids is 1. The molecule has 0 aliphatic carbocycles. The molecule has 0 N–H and O–H groups in total. The van der Waals surface area contributed by atoms with E-state index in [0.29, 0.717) is 29.0 Å². The molecule has 0 saturated heterocycles. The maximum atomic E-state index is 13.4. The molecular weight excluding hydrogens is 439 g/mol. The van der Waals surface area contributed by atoms with Gasteiger partial charge in [-0.15, -0.1) is 11.3 Å². The number of thiazole rings is 1. The Balaban J connectivity index is 1.47. The summed E-state index contributed by atoms with van der Waals surface area (Å²) >= 11 is 7.42. The molecule has 2 aromatic carbocycles. The molecule has 0 aliphatic rings. The third kappa shape index (κ3) is 5.34. The number of hydrogen-bond donors (Lipinski definition) is 0. The predicted molar refractivity (Wildman–Crippen MR) is 118 cm³/mol. The third-order valence-electron chi connectivity index (χ3n) is 4.55. The van der Waals surface area contributed by atoms with E-state index < -0.39 is 0 Å². The number of hydrogen-bond acceptors (Lipinski definition) is 6. The molecule has 0 radical (unpaired) electrons. The van der Waals surface area contributed by atoms with Crippen LogP contribution < -0.4 is 4.90 Å². The summed E-state index contributed by atoms with van der Waals surface area (Å²) in [6, 6.07) is 12.9. The zero-order chi connectivity index (χ0) is 21.8. The largest absolute Gasteiger partial charge is 0.339 e. The maximum absolute atomic E-state index is 13.4. The van der Waals surface area contributed by atoms with Crippen LogP contribution in [0.15, 0.2) is 58.4 Å². The van der Waals surface area contributed by atoms with E-state index in [4.69, 9.17) is 16.1 Å². The zero-order valence-electron chi connectivity index (χ0n) is 16.6. The number of amides is 1. The van der Waals surface area contributed by atoms with Crippen molar-refractivity contribution >= 4 is 34.5 Å². The van der Waals surface area contributed by atoms with Crippen LogP contribution in [-0.4, -0.2) is 21.0 Å². The highest BCUT2D eigenvalue weighted by molar-refractivity contribution is 7.09. The minimum absolute atomic E-state index is 0.150. The van der Waals surface area contributed by atoms with Crippen LogP contribution in [0.5, 0.6) is 0 Å². The topological polar surface area (TPSA) is 72.1 Å². The summed E-state index contributed by atoms with van der Waals surface area (Å²) in [4.78, 5) is 23.4. The summed E-state index contributed by atoms with van der Waals surface area (Å²) in [5, 5.41) is 7.42. The SMILES string of the molecule is Cc1nc(CN(C(=O)CCc2nc(-c3ccc(Cl)cc3)no2)c2ccc(F)cc2)cs1. The molecule has 0 spiro atoms. The first-order chi connectivity index (χ1) is 15.0. The monoisotopic (exact) mass is 456 g/mol. The van der Waals surface area contributed by atoms with Gasteiger partial charge in [-0.2, -0.15) is 4.98 Å². The first kappa shape index (κ1) is 21.1. The number of aromatic nitrogens is 3. The Kier molecular flexibility index (Phi) is 6.39. The van der Waals surface area contributed by atoms with E-state index >= 15 is 0 Å². The molecule has 158 valence electrons. The van der Waals surface area contributed by atoms with Gasteiger partial charge in [0.25, 0.3) is 0 Å². The molecule has 0 saturated carbocycles. The van der Waals surface area contributed by atoms with E-state index in [1.54, 1.807) is 41.3 Å². The zero-order valence-corrected chi connectivity index (χ0v) is 18.2. The minimum Gasteiger partial charge on any atom is -0.339 e. The Bertz CT molecular complexity index is 1170. The van der Waals surface area contributed by atoms with E-state index in [9.17, 15) is 9.18 Å². The number of halogens is 2. The molecule has 0 bridgehead atoms. The fraction of sp³-hybridized carbons (Fsp3) is 0.182. The van der Waals surface area contributed by atoms with Crippen LogP contribution in [0.1, 0.15) is 23.0 Å². The molecule has 9 heteroatoms. The van der Waals surface area contributed by atoms with Crippen molar-refractivity contribution in [3.05, 3.63) is 81.3 Å². The van der Waals surface area contributed by atoms with Crippen molar-refractivity contribution in [2.75, 3.05) is 4.90 Å². The first-order valence-corrected chi connectivity index (χ1v) is 10.8. The summed E-state index contributed by atoms with van der Waals surface area (Å²) in [5.74, 6) is 0.291. The lowest BCUT2D eigenvalue weighted by atomic mass is 10.2. The Morgan fingerprint density at radius 2 is 1.87 bits per heavy atom. The second-order valence-corrected chi connectivity index (χ2v) is 8.33. The fourth-order valence-corrected chi connectivity index (χ4v) is 3.74. The Morgan fingerprint density at radius 3 is 2.55 bits per heavy atom. The second kappa shape index (κ2) is 9.36. The number of nitrogens with zero attached hydrogens (tertiary/aromatic N) is 4. The number of benzene rings is 2. The van der Waals surface area contributed by atoms with Gasteiger partial charge in [-0.1, -0.05) is 16.8 Å². The van der Waals surface area contributed by atoms with E-state index in [2.05, 4.69) is 15.1 Å². The van der Waals surface area contributed by atoms with Crippen molar-refractivity contribution in [3.63, 3.8) is 0 Å². The molecule has 2 heterocycles. The van der Waals surface area contributed by atoms with Crippen molar-refractivity contribution < 1.29 is 13.7 Å². The quantitative estimate of drug-likeness (QED) is 0.369. The third-order valence-corrected chi connectivity index (χ3v) is 5.62. The van der Waals surface area contributed by atoms with Crippen molar-refractivity contribution in [3.8, 4) is 11.4 Å². The van der Waals surface area contributed by atoms with Crippen LogP contribution in [0.4, 0.5) is 10.1 Å². The summed E-state index contributed by atoms with van der Waals surface area (Å²) in [6.07, 6.45) is 0.440. The van der Waals surface area contributed by atoms with Gasteiger partial charge >= 0.3 is 0 Å². The van der Waals surface area contributed by atoms with Gasteiger partial charge in [0.1, 0.15) is 5.82 Å². The molecule has 2 aromatic heterocycles. The Hall–Kier alpha value is -3.10. The molecule has 6 nitrogen and oxygen atoms in total. The van der Waals surface area contributed by atoms with E-state index in [0.717, 1.165) is 16.3 Å². The van der Waals surface area contributed by atoms with Crippen molar-refractivity contribution in [2.45, 2.75) is 26.3 Å². The second-order valence-electron chi connectivity index (χ2n) is 6.83. The molecular formula is C22H18ClFN4O2S. The van der Waals surface area contributed by atoms with Crippen molar-refractivity contribution in [1.82, 2.24) is 15.1 Å². The van der Waals surface area contributed by atoms with Gasteiger partial charge in [0.2, 0.25) is 17.6 Å². The van der Waals surface area contributed by atoms with E-state index in [1.165, 1.54) is 23.5 Å². The molecule has 4 rings (SSSR count). The lowest BCUT2D eigenvalue weighted by molar-refractivity contribution is -0.118. The number of aryl methyl sites for hydroxylation is 2. The highest BCUT2D eigenvalue weighted by atomic mass is 35.5. The molecule has 1 amide bonds. The van der Waals surface area contributed by atoms with Crippen LogP contribution in [0.3, 0.4) is 0 Å². The van der Waals surface area contributed by atoms with Gasteiger partial charge in [-0.05, 0) is 55.5 Å². The van der Waals surface area contributed by atoms with E-state index in [-0.39, 0.29) is 24.6 Å². The minimum atomic E-state index is -0.360.